The normalized spacial score (nSPS) is 10.9. The van der Waals surface area contributed by atoms with Crippen molar-refractivity contribution in [2.75, 3.05) is 31.6 Å². The standard InChI is InChI=1S/C27H33N7O6S.ClH/c1-2-39-24(36)13-20(18-8-5-11-29-14-18)32-23(35)16-30-25(37)21-17-41-27(33-21)34-26(38)31-15-19-7-3-4-9-22(19)40-12-6-10-28;/h3-5,7-9,11,14,17,20H,2,6,10,12-13,15-16,28H2,1H3,(H,30,37)(H,32,35)(H2,31,33,34,38);1H/t20-;/m1./s1. The van der Waals surface area contributed by atoms with Crippen LogP contribution in [0.5, 0.6) is 5.75 Å². The molecular formula is C27H34ClN7O6S. The van der Waals surface area contributed by atoms with Crippen LogP contribution in [0.25, 0.3) is 0 Å². The lowest BCUT2D eigenvalue weighted by Gasteiger charge is -2.18. The number of nitrogens with one attached hydrogen (secondary N) is 4. The highest BCUT2D eigenvalue weighted by Gasteiger charge is 2.20. The molecule has 0 aliphatic heterocycles. The molecule has 3 rings (SSSR count). The van der Waals surface area contributed by atoms with Gasteiger partial charge in [-0.3, -0.25) is 24.7 Å². The average Bonchev–Trinajstić information content (AvgIpc) is 3.44. The zero-order valence-electron chi connectivity index (χ0n) is 23.0. The van der Waals surface area contributed by atoms with Gasteiger partial charge in [0, 0.05) is 29.9 Å². The number of para-hydroxylation sites is 1. The summed E-state index contributed by atoms with van der Waals surface area (Å²) in [5.41, 5.74) is 6.96. The number of esters is 1. The summed E-state index contributed by atoms with van der Waals surface area (Å²) in [5.74, 6) is -0.933. The van der Waals surface area contributed by atoms with Crippen LogP contribution in [0.15, 0.2) is 54.2 Å². The van der Waals surface area contributed by atoms with Gasteiger partial charge in [0.15, 0.2) is 5.13 Å². The molecule has 2 aromatic heterocycles. The fourth-order valence-electron chi connectivity index (χ4n) is 3.53. The maximum atomic E-state index is 12.5. The number of hydrogen-bond donors (Lipinski definition) is 5. The van der Waals surface area contributed by atoms with Crippen LogP contribution in [0.3, 0.4) is 0 Å². The summed E-state index contributed by atoms with van der Waals surface area (Å²) in [6.07, 6.45) is 3.75. The minimum Gasteiger partial charge on any atom is -0.493 e. The number of pyridine rings is 1. The van der Waals surface area contributed by atoms with Crippen molar-refractivity contribution in [3.8, 4) is 5.75 Å². The fourth-order valence-corrected chi connectivity index (χ4v) is 4.21. The molecule has 1 aromatic carbocycles. The number of carbonyl (C=O) groups excluding carboxylic acids is 4. The van der Waals surface area contributed by atoms with Crippen LogP contribution in [0.2, 0.25) is 0 Å². The number of halogens is 1. The Hall–Kier alpha value is -4.27. The van der Waals surface area contributed by atoms with Gasteiger partial charge in [0.2, 0.25) is 5.91 Å². The van der Waals surface area contributed by atoms with E-state index in [-0.39, 0.29) is 49.3 Å². The smallest absolute Gasteiger partial charge is 0.321 e. The topological polar surface area (TPSA) is 187 Å². The van der Waals surface area contributed by atoms with Crippen molar-refractivity contribution in [3.63, 3.8) is 0 Å². The van der Waals surface area contributed by atoms with Gasteiger partial charge >= 0.3 is 12.0 Å². The Morgan fingerprint density at radius 2 is 1.90 bits per heavy atom. The first kappa shape index (κ1) is 33.9. The first-order chi connectivity index (χ1) is 19.9. The minimum atomic E-state index is -0.676. The molecule has 226 valence electrons. The van der Waals surface area contributed by atoms with Crippen LogP contribution >= 0.6 is 23.7 Å². The predicted octanol–water partition coefficient (Wildman–Crippen LogP) is 2.55. The Kier molecular flexibility index (Phi) is 14.7. The molecule has 15 heteroatoms. The number of nitrogens with zero attached hydrogens (tertiary/aromatic N) is 2. The molecule has 0 saturated carbocycles. The van der Waals surface area contributed by atoms with Gasteiger partial charge in [-0.2, -0.15) is 0 Å². The SMILES string of the molecule is CCOC(=O)C[C@@H](NC(=O)CNC(=O)c1csc(NC(=O)NCc2ccccc2OCCCN)n1)c1cccnc1.Cl. The van der Waals surface area contributed by atoms with Crippen LogP contribution in [0, 0.1) is 0 Å². The molecule has 1 atom stereocenters. The van der Waals surface area contributed by atoms with Crippen LogP contribution in [0.1, 0.15) is 47.4 Å². The van der Waals surface area contributed by atoms with E-state index >= 15 is 0 Å². The van der Waals surface area contributed by atoms with E-state index in [1.807, 2.05) is 24.3 Å². The predicted molar refractivity (Wildman–Crippen MR) is 160 cm³/mol. The molecule has 2 heterocycles. The molecule has 42 heavy (non-hydrogen) atoms. The number of anilines is 1. The van der Waals surface area contributed by atoms with Crippen molar-refractivity contribution in [1.82, 2.24) is 25.9 Å². The van der Waals surface area contributed by atoms with E-state index in [0.717, 1.165) is 16.9 Å². The van der Waals surface area contributed by atoms with Crippen LogP contribution in [-0.2, 0) is 20.9 Å². The molecule has 0 bridgehead atoms. The van der Waals surface area contributed by atoms with Gasteiger partial charge in [-0.15, -0.1) is 23.7 Å². The van der Waals surface area contributed by atoms with Gasteiger partial charge in [-0.25, -0.2) is 9.78 Å². The van der Waals surface area contributed by atoms with Crippen molar-refractivity contribution >= 4 is 52.7 Å². The molecule has 4 amide bonds. The monoisotopic (exact) mass is 619 g/mol. The van der Waals surface area contributed by atoms with Gasteiger partial charge in [-0.05, 0) is 37.6 Å². The number of rotatable bonds is 15. The molecule has 0 unspecified atom stereocenters. The molecule has 13 nitrogen and oxygen atoms in total. The summed E-state index contributed by atoms with van der Waals surface area (Å²) in [7, 11) is 0. The van der Waals surface area contributed by atoms with Crippen molar-refractivity contribution in [3.05, 3.63) is 71.0 Å². The number of carbonyl (C=O) groups is 4. The van der Waals surface area contributed by atoms with Gasteiger partial charge in [0.25, 0.3) is 5.91 Å². The third-order valence-electron chi connectivity index (χ3n) is 5.48. The lowest BCUT2D eigenvalue weighted by molar-refractivity contribution is -0.143. The van der Waals surface area contributed by atoms with Gasteiger partial charge in [0.1, 0.15) is 11.4 Å². The van der Waals surface area contributed by atoms with E-state index in [1.54, 1.807) is 31.5 Å². The van der Waals surface area contributed by atoms with Crippen LogP contribution in [-0.4, -0.2) is 60.1 Å². The highest BCUT2D eigenvalue weighted by atomic mass is 35.5. The van der Waals surface area contributed by atoms with Crippen molar-refractivity contribution in [2.45, 2.75) is 32.4 Å². The number of urea groups is 1. The fraction of sp³-hybridized carbons (Fsp3) is 0.333. The Balaban J connectivity index is 0.00000616. The van der Waals surface area contributed by atoms with Gasteiger partial charge in [0.05, 0.1) is 32.2 Å². The summed E-state index contributed by atoms with van der Waals surface area (Å²) in [6, 6.07) is 9.58. The summed E-state index contributed by atoms with van der Waals surface area (Å²) in [4.78, 5) is 57.6. The molecule has 3 aromatic rings. The van der Waals surface area contributed by atoms with E-state index in [9.17, 15) is 19.2 Å². The Morgan fingerprint density at radius 3 is 2.64 bits per heavy atom. The van der Waals surface area contributed by atoms with E-state index in [4.69, 9.17) is 15.2 Å². The number of thiazole rings is 1. The molecule has 0 spiro atoms. The number of aromatic nitrogens is 2. The second-order valence-corrected chi connectivity index (χ2v) is 9.40. The Bertz CT molecular complexity index is 1310. The Morgan fingerprint density at radius 1 is 1.10 bits per heavy atom. The van der Waals surface area contributed by atoms with E-state index in [1.165, 1.54) is 5.38 Å². The summed E-state index contributed by atoms with van der Waals surface area (Å²) in [5, 5.41) is 12.2. The second kappa shape index (κ2) is 18.2. The van der Waals surface area contributed by atoms with E-state index in [0.29, 0.717) is 30.9 Å². The molecule has 6 N–H and O–H groups in total. The number of amides is 4. The largest absolute Gasteiger partial charge is 0.493 e. The molecule has 0 aliphatic carbocycles. The van der Waals surface area contributed by atoms with Crippen LogP contribution < -0.4 is 31.7 Å². The number of benzene rings is 1. The maximum Gasteiger partial charge on any atom is 0.321 e. The van der Waals surface area contributed by atoms with Gasteiger partial charge in [-0.1, -0.05) is 24.3 Å². The van der Waals surface area contributed by atoms with Crippen molar-refractivity contribution in [1.29, 1.82) is 0 Å². The zero-order chi connectivity index (χ0) is 29.5. The molecule has 0 radical (unpaired) electrons. The first-order valence-corrected chi connectivity index (χ1v) is 13.8. The van der Waals surface area contributed by atoms with Crippen molar-refractivity contribution < 1.29 is 28.7 Å². The lowest BCUT2D eigenvalue weighted by Crippen LogP contribution is -2.39. The lowest BCUT2D eigenvalue weighted by atomic mass is 10.1. The van der Waals surface area contributed by atoms with E-state index < -0.39 is 29.9 Å². The number of nitrogens with two attached hydrogens (primary N) is 1. The molecule has 0 saturated heterocycles. The Labute approximate surface area is 253 Å². The van der Waals surface area contributed by atoms with Crippen molar-refractivity contribution in [2.24, 2.45) is 5.73 Å². The van der Waals surface area contributed by atoms with E-state index in [2.05, 4.69) is 31.2 Å². The first-order valence-electron chi connectivity index (χ1n) is 12.9. The summed E-state index contributed by atoms with van der Waals surface area (Å²) >= 11 is 1.06. The quantitative estimate of drug-likeness (QED) is 0.126. The molecule has 0 fully saturated rings. The second-order valence-electron chi connectivity index (χ2n) is 8.54. The average molecular weight is 620 g/mol. The third kappa shape index (κ3) is 11.3. The molecular weight excluding hydrogens is 586 g/mol. The third-order valence-corrected chi connectivity index (χ3v) is 6.24. The number of ether oxygens (including phenoxy) is 2. The highest BCUT2D eigenvalue weighted by Crippen LogP contribution is 2.19. The molecule has 0 aliphatic rings. The minimum absolute atomic E-state index is 0. The van der Waals surface area contributed by atoms with Gasteiger partial charge < -0.3 is 31.2 Å². The number of hydrogen-bond acceptors (Lipinski definition) is 10. The maximum absolute atomic E-state index is 12.5. The van der Waals surface area contributed by atoms with Crippen LogP contribution in [0.4, 0.5) is 9.93 Å². The summed E-state index contributed by atoms with van der Waals surface area (Å²) in [6.45, 7) is 2.77. The zero-order valence-corrected chi connectivity index (χ0v) is 24.6. The summed E-state index contributed by atoms with van der Waals surface area (Å²) < 4.78 is 10.7. The highest BCUT2D eigenvalue weighted by molar-refractivity contribution is 7.14.